The molecule has 3 aromatic rings. The van der Waals surface area contributed by atoms with Crippen molar-refractivity contribution in [1.29, 1.82) is 0 Å². The van der Waals surface area contributed by atoms with Crippen LogP contribution in [-0.2, 0) is 6.61 Å². The van der Waals surface area contributed by atoms with Crippen molar-refractivity contribution in [3.8, 4) is 11.3 Å². The Balaban J connectivity index is 2.33. The Hall–Kier alpha value is -2.13. The zero-order valence-corrected chi connectivity index (χ0v) is 12.0. The van der Waals surface area contributed by atoms with Crippen LogP contribution in [-0.4, -0.2) is 14.5 Å². The first kappa shape index (κ1) is 12.9. The molecule has 0 aliphatic carbocycles. The molecular formula is C17H18N2O. The Bertz CT molecular complexity index is 787. The van der Waals surface area contributed by atoms with Gasteiger partial charge in [0.1, 0.15) is 5.65 Å². The highest BCUT2D eigenvalue weighted by molar-refractivity contribution is 5.70. The normalized spacial score (nSPS) is 11.2. The minimum Gasteiger partial charge on any atom is -0.390 e. The van der Waals surface area contributed by atoms with Gasteiger partial charge in [-0.2, -0.15) is 0 Å². The molecule has 0 saturated heterocycles. The molecule has 102 valence electrons. The lowest BCUT2D eigenvalue weighted by Gasteiger charge is -2.07. The zero-order chi connectivity index (χ0) is 14.3. The number of fused-ring (bicyclic) bond motifs is 1. The summed E-state index contributed by atoms with van der Waals surface area (Å²) in [6, 6.07) is 12.3. The first-order valence-electron chi connectivity index (χ1n) is 6.77. The van der Waals surface area contributed by atoms with E-state index in [0.717, 1.165) is 28.3 Å². The van der Waals surface area contributed by atoms with E-state index in [0.29, 0.717) is 0 Å². The van der Waals surface area contributed by atoms with Crippen molar-refractivity contribution >= 4 is 5.65 Å². The SMILES string of the molecule is Cc1ccc(-c2nc3cccc(C)n3c2CO)c(C)c1. The van der Waals surface area contributed by atoms with Gasteiger partial charge in [0.05, 0.1) is 18.0 Å². The third kappa shape index (κ3) is 1.91. The summed E-state index contributed by atoms with van der Waals surface area (Å²) in [5, 5.41) is 9.78. The van der Waals surface area contributed by atoms with Crippen molar-refractivity contribution in [2.75, 3.05) is 0 Å². The molecule has 2 heterocycles. The number of aryl methyl sites for hydroxylation is 3. The number of hydrogen-bond donors (Lipinski definition) is 1. The maximum Gasteiger partial charge on any atom is 0.137 e. The average molecular weight is 266 g/mol. The number of hydrogen-bond acceptors (Lipinski definition) is 2. The highest BCUT2D eigenvalue weighted by Gasteiger charge is 2.15. The van der Waals surface area contributed by atoms with Crippen LogP contribution in [0.2, 0.25) is 0 Å². The third-order valence-electron chi connectivity index (χ3n) is 3.72. The number of benzene rings is 1. The monoisotopic (exact) mass is 266 g/mol. The van der Waals surface area contributed by atoms with Crippen LogP contribution >= 0.6 is 0 Å². The molecule has 20 heavy (non-hydrogen) atoms. The van der Waals surface area contributed by atoms with Gasteiger partial charge in [-0.3, -0.25) is 4.40 Å². The molecule has 3 heteroatoms. The van der Waals surface area contributed by atoms with E-state index in [1.165, 1.54) is 11.1 Å². The van der Waals surface area contributed by atoms with Gasteiger partial charge in [0.25, 0.3) is 0 Å². The van der Waals surface area contributed by atoms with Crippen molar-refractivity contribution < 1.29 is 5.11 Å². The smallest absolute Gasteiger partial charge is 0.137 e. The number of pyridine rings is 1. The van der Waals surface area contributed by atoms with Crippen molar-refractivity contribution in [2.45, 2.75) is 27.4 Å². The van der Waals surface area contributed by atoms with Crippen LogP contribution in [0.5, 0.6) is 0 Å². The summed E-state index contributed by atoms with van der Waals surface area (Å²) in [7, 11) is 0. The molecule has 1 aromatic carbocycles. The van der Waals surface area contributed by atoms with E-state index in [2.05, 4.69) is 32.0 Å². The number of aliphatic hydroxyl groups excluding tert-OH is 1. The van der Waals surface area contributed by atoms with Gasteiger partial charge in [0.15, 0.2) is 0 Å². The molecular weight excluding hydrogens is 248 g/mol. The fraction of sp³-hybridized carbons (Fsp3) is 0.235. The first-order valence-corrected chi connectivity index (χ1v) is 6.77. The molecule has 0 aliphatic heterocycles. The third-order valence-corrected chi connectivity index (χ3v) is 3.72. The van der Waals surface area contributed by atoms with Gasteiger partial charge in [-0.1, -0.05) is 29.8 Å². The number of rotatable bonds is 2. The predicted octanol–water partition coefficient (Wildman–Crippen LogP) is 3.42. The number of aliphatic hydroxyl groups is 1. The van der Waals surface area contributed by atoms with E-state index in [4.69, 9.17) is 4.98 Å². The van der Waals surface area contributed by atoms with Crippen LogP contribution in [0.15, 0.2) is 36.4 Å². The summed E-state index contributed by atoms with van der Waals surface area (Å²) in [6.07, 6.45) is 0. The van der Waals surface area contributed by atoms with Gasteiger partial charge in [-0.05, 0) is 38.5 Å². The van der Waals surface area contributed by atoms with Gasteiger partial charge in [0.2, 0.25) is 0 Å². The van der Waals surface area contributed by atoms with Gasteiger partial charge in [0, 0.05) is 11.3 Å². The van der Waals surface area contributed by atoms with E-state index in [1.807, 2.05) is 29.5 Å². The highest BCUT2D eigenvalue weighted by atomic mass is 16.3. The Kier molecular flexibility index (Phi) is 3.07. The maximum atomic E-state index is 9.78. The maximum absolute atomic E-state index is 9.78. The van der Waals surface area contributed by atoms with Gasteiger partial charge < -0.3 is 5.11 Å². The van der Waals surface area contributed by atoms with Crippen LogP contribution in [0.1, 0.15) is 22.5 Å². The van der Waals surface area contributed by atoms with Crippen LogP contribution in [0.3, 0.4) is 0 Å². The highest BCUT2D eigenvalue weighted by Crippen LogP contribution is 2.28. The minimum absolute atomic E-state index is 0.0192. The lowest BCUT2D eigenvalue weighted by Crippen LogP contribution is -1.98. The molecule has 3 rings (SSSR count). The first-order chi connectivity index (χ1) is 9.61. The molecule has 0 atom stereocenters. The lowest BCUT2D eigenvalue weighted by molar-refractivity contribution is 0.276. The Morgan fingerprint density at radius 3 is 2.60 bits per heavy atom. The average Bonchev–Trinajstić information content (AvgIpc) is 2.78. The quantitative estimate of drug-likeness (QED) is 0.771. The van der Waals surface area contributed by atoms with Crippen molar-refractivity contribution in [3.63, 3.8) is 0 Å². The molecule has 0 bridgehead atoms. The van der Waals surface area contributed by atoms with Gasteiger partial charge >= 0.3 is 0 Å². The molecule has 0 amide bonds. The molecule has 1 N–H and O–H groups in total. The molecule has 0 radical (unpaired) electrons. The van der Waals surface area contributed by atoms with E-state index in [1.54, 1.807) is 0 Å². The van der Waals surface area contributed by atoms with Crippen molar-refractivity contribution in [3.05, 3.63) is 58.9 Å². The Morgan fingerprint density at radius 2 is 1.90 bits per heavy atom. The van der Waals surface area contributed by atoms with E-state index in [-0.39, 0.29) is 6.61 Å². The van der Waals surface area contributed by atoms with Crippen molar-refractivity contribution in [1.82, 2.24) is 9.38 Å². The summed E-state index contributed by atoms with van der Waals surface area (Å²) < 4.78 is 2.02. The molecule has 2 aromatic heterocycles. The molecule has 0 fully saturated rings. The zero-order valence-electron chi connectivity index (χ0n) is 12.0. The molecule has 0 aliphatic rings. The van der Waals surface area contributed by atoms with Crippen LogP contribution < -0.4 is 0 Å². The summed E-state index contributed by atoms with van der Waals surface area (Å²) in [6.45, 7) is 6.17. The lowest BCUT2D eigenvalue weighted by atomic mass is 10.0. The van der Waals surface area contributed by atoms with Gasteiger partial charge in [-0.15, -0.1) is 0 Å². The number of nitrogens with zero attached hydrogens (tertiary/aromatic N) is 2. The summed E-state index contributed by atoms with van der Waals surface area (Å²) in [5.41, 5.74) is 7.18. The Labute approximate surface area is 118 Å². The summed E-state index contributed by atoms with van der Waals surface area (Å²) in [5.74, 6) is 0. The van der Waals surface area contributed by atoms with E-state index < -0.39 is 0 Å². The second-order valence-corrected chi connectivity index (χ2v) is 5.24. The van der Waals surface area contributed by atoms with Crippen LogP contribution in [0.25, 0.3) is 16.9 Å². The topological polar surface area (TPSA) is 37.5 Å². The van der Waals surface area contributed by atoms with Crippen LogP contribution in [0, 0.1) is 20.8 Å². The largest absolute Gasteiger partial charge is 0.390 e. The van der Waals surface area contributed by atoms with Crippen LogP contribution in [0.4, 0.5) is 0 Å². The van der Waals surface area contributed by atoms with Crippen molar-refractivity contribution in [2.24, 2.45) is 0 Å². The molecule has 0 saturated carbocycles. The second-order valence-electron chi connectivity index (χ2n) is 5.24. The molecule has 0 unspecified atom stereocenters. The fourth-order valence-corrected chi connectivity index (χ4v) is 2.77. The predicted molar refractivity (Wildman–Crippen MR) is 80.8 cm³/mol. The number of imidazole rings is 1. The van der Waals surface area contributed by atoms with E-state index in [9.17, 15) is 5.11 Å². The molecule has 0 spiro atoms. The number of aromatic nitrogens is 2. The standard InChI is InChI=1S/C17H18N2O/c1-11-7-8-14(12(2)9-11)17-15(10-20)19-13(3)5-4-6-16(19)18-17/h4-9,20H,10H2,1-3H3. The molecule has 3 nitrogen and oxygen atoms in total. The Morgan fingerprint density at radius 1 is 1.10 bits per heavy atom. The summed E-state index contributed by atoms with van der Waals surface area (Å²) >= 11 is 0. The van der Waals surface area contributed by atoms with Gasteiger partial charge in [-0.25, -0.2) is 4.98 Å². The fourth-order valence-electron chi connectivity index (χ4n) is 2.77. The second kappa shape index (κ2) is 4.76. The minimum atomic E-state index is -0.0192. The van der Waals surface area contributed by atoms with E-state index >= 15 is 0 Å². The summed E-state index contributed by atoms with van der Waals surface area (Å²) in [4.78, 5) is 4.71.